The van der Waals surface area contributed by atoms with Gasteiger partial charge >= 0.3 is 21.3 Å². The molecule has 0 spiro atoms. The lowest BCUT2D eigenvalue weighted by molar-refractivity contribution is -0.272. The van der Waals surface area contributed by atoms with Gasteiger partial charge < -0.3 is 44.8 Å². The van der Waals surface area contributed by atoms with Crippen molar-refractivity contribution in [2.24, 2.45) is 5.11 Å². The maximum Gasteiger partial charge on any atom is 0.483 e. The van der Waals surface area contributed by atoms with Crippen molar-refractivity contribution >= 4 is 15.6 Å². The van der Waals surface area contributed by atoms with Gasteiger partial charge in [0.1, 0.15) is 36.6 Å². The van der Waals surface area contributed by atoms with Crippen molar-refractivity contribution in [3.63, 3.8) is 0 Å². The van der Waals surface area contributed by atoms with Crippen molar-refractivity contribution in [3.8, 4) is 0 Å². The summed E-state index contributed by atoms with van der Waals surface area (Å²) in [6, 6.07) is 0.924. The normalized spacial score (nSPS) is 36.7. The lowest BCUT2D eigenvalue weighted by Gasteiger charge is -2.39. The van der Waals surface area contributed by atoms with E-state index in [9.17, 15) is 54.0 Å². The number of aliphatic hydroxyl groups is 5. The van der Waals surface area contributed by atoms with Gasteiger partial charge in [0, 0.05) is 17.2 Å². The van der Waals surface area contributed by atoms with Crippen molar-refractivity contribution < 1.29 is 67.3 Å². The number of H-pyrrole nitrogens is 1. The molecule has 3 heterocycles. The Morgan fingerprint density at radius 2 is 1.66 bits per heavy atom. The summed E-state index contributed by atoms with van der Waals surface area (Å²) in [5, 5.41) is 53.1. The van der Waals surface area contributed by atoms with Crippen molar-refractivity contribution in [3.05, 3.63) is 43.5 Å². The molecule has 0 bridgehead atoms. The Morgan fingerprint density at radius 1 is 1.00 bits per heavy atom. The van der Waals surface area contributed by atoms with E-state index in [4.69, 9.17) is 15.0 Å². The zero-order chi connectivity index (χ0) is 28.4. The Bertz CT molecular complexity index is 1250. The summed E-state index contributed by atoms with van der Waals surface area (Å²) in [5.41, 5.74) is 6.61. The Labute approximate surface area is 210 Å². The molecule has 0 amide bonds. The molecule has 0 radical (unpaired) electrons. The molecule has 2 saturated heterocycles. The number of hydrogen-bond acceptors (Lipinski definition) is 15. The van der Waals surface area contributed by atoms with Gasteiger partial charge in [-0.3, -0.25) is 23.4 Å². The molecule has 2 aliphatic heterocycles. The Hall–Kier alpha value is -2.03. The fourth-order valence-corrected chi connectivity index (χ4v) is 5.63. The number of aromatic amines is 1. The number of phosphoric acid groups is 2. The van der Waals surface area contributed by atoms with Crippen molar-refractivity contribution in [1.29, 1.82) is 0 Å². The third-order valence-electron chi connectivity index (χ3n) is 5.30. The van der Waals surface area contributed by atoms with Crippen LogP contribution in [-0.4, -0.2) is 107 Å². The maximum atomic E-state index is 12.3. The Morgan fingerprint density at radius 3 is 2.29 bits per heavy atom. The molecule has 1 aromatic rings. The molecule has 38 heavy (non-hydrogen) atoms. The van der Waals surface area contributed by atoms with Gasteiger partial charge in [-0.15, -0.1) is 0 Å². The molecule has 0 aliphatic carbocycles. The van der Waals surface area contributed by atoms with E-state index in [-0.39, 0.29) is 0 Å². The van der Waals surface area contributed by atoms with Crippen molar-refractivity contribution in [1.82, 2.24) is 9.55 Å². The highest BCUT2D eigenvalue weighted by Crippen LogP contribution is 2.61. The van der Waals surface area contributed by atoms with E-state index in [0.717, 1.165) is 16.8 Å². The molecule has 0 aromatic carbocycles. The first-order chi connectivity index (χ1) is 17.7. The van der Waals surface area contributed by atoms with Gasteiger partial charge in [-0.05, 0) is 5.53 Å². The van der Waals surface area contributed by atoms with Gasteiger partial charge in [-0.25, -0.2) is 13.9 Å². The number of azide groups is 1. The van der Waals surface area contributed by atoms with E-state index in [0.29, 0.717) is 0 Å². The summed E-state index contributed by atoms with van der Waals surface area (Å²) in [5.74, 6) is 0. The number of nitrogens with one attached hydrogen (secondary N) is 1. The first-order valence-electron chi connectivity index (χ1n) is 10.4. The van der Waals surface area contributed by atoms with Crippen LogP contribution in [0, 0.1) is 0 Å². The van der Waals surface area contributed by atoms with E-state index in [1.165, 1.54) is 0 Å². The molecule has 2 aliphatic rings. The first kappa shape index (κ1) is 30.5. The highest BCUT2D eigenvalue weighted by molar-refractivity contribution is 7.61. The molecular formula is C15H23N5O16P2. The van der Waals surface area contributed by atoms with Gasteiger partial charge in [0.05, 0.1) is 19.3 Å². The van der Waals surface area contributed by atoms with E-state index < -0.39 is 95.3 Å². The van der Waals surface area contributed by atoms with Crippen LogP contribution in [0.25, 0.3) is 10.4 Å². The zero-order valence-electron chi connectivity index (χ0n) is 18.8. The number of nitrogens with zero attached hydrogens (tertiary/aromatic N) is 4. The predicted molar refractivity (Wildman–Crippen MR) is 116 cm³/mol. The molecular weight excluding hydrogens is 568 g/mol. The third kappa shape index (κ3) is 7.13. The fourth-order valence-electron chi connectivity index (χ4n) is 3.47. The van der Waals surface area contributed by atoms with Crippen LogP contribution >= 0.6 is 15.6 Å². The molecule has 214 valence electrons. The second-order valence-corrected chi connectivity index (χ2v) is 10.9. The summed E-state index contributed by atoms with van der Waals surface area (Å²) in [7, 11) is -11.1. The van der Waals surface area contributed by atoms with E-state index >= 15 is 0 Å². The zero-order valence-corrected chi connectivity index (χ0v) is 20.5. The highest BCUT2D eigenvalue weighted by Gasteiger charge is 2.49. The monoisotopic (exact) mass is 591 g/mol. The van der Waals surface area contributed by atoms with E-state index in [2.05, 4.69) is 23.4 Å². The van der Waals surface area contributed by atoms with Gasteiger partial charge in [-0.2, -0.15) is 4.31 Å². The summed E-state index contributed by atoms with van der Waals surface area (Å²) in [6.45, 7) is -1.64. The summed E-state index contributed by atoms with van der Waals surface area (Å²) in [4.78, 5) is 47.1. The summed E-state index contributed by atoms with van der Waals surface area (Å²) in [6.07, 6.45) is -15.5. The van der Waals surface area contributed by atoms with Crippen molar-refractivity contribution in [2.45, 2.75) is 55.2 Å². The molecule has 23 heteroatoms. The number of hydrogen-bond donors (Lipinski definition) is 8. The highest BCUT2D eigenvalue weighted by atomic mass is 31.3. The van der Waals surface area contributed by atoms with E-state index in [1.54, 1.807) is 0 Å². The molecule has 0 saturated carbocycles. The molecule has 21 nitrogen and oxygen atoms in total. The molecule has 2 fully saturated rings. The molecule has 11 atom stereocenters. The van der Waals surface area contributed by atoms with Crippen LogP contribution in [0.3, 0.4) is 0 Å². The van der Waals surface area contributed by atoms with Crippen LogP contribution in [0.15, 0.2) is 27.0 Å². The van der Waals surface area contributed by atoms with Crippen LogP contribution in [-0.2, 0) is 32.0 Å². The smallest absolute Gasteiger partial charge is 0.388 e. The second-order valence-electron chi connectivity index (χ2n) is 7.91. The molecule has 3 rings (SSSR count). The standard InChI is InChI=1S/C15H23N5O16P2/c16-19-17-3-5-8(22)10(24)12(26)14(34-5)35-38(30,31)36-37(28,29)32-4-6-9(23)11(25)13(33-6)20-2-1-7(21)18-15(20)27/h1-2,5-6,8-14,22-26H,3-4H2,(H,28,29)(H,30,31)(H,18,21,27)/t5-,6-,8+,9-,10+,11-,12-,13-,14?/m1/s1. The second kappa shape index (κ2) is 12.0. The SMILES string of the molecule is [N-]=[N+]=NC[C@H]1OC(OP(=O)(O)OP(=O)(O)OC[C@H]2O[C@@H](n3ccc(=O)[nH]c3=O)[C@H](O)[C@@H]2O)[C@H](O)[C@@H](O)[C@H]1O. The first-order valence-corrected chi connectivity index (χ1v) is 13.4. The van der Waals surface area contributed by atoms with Crippen LogP contribution in [0.2, 0.25) is 0 Å². The van der Waals surface area contributed by atoms with Crippen LogP contribution in [0.1, 0.15) is 6.23 Å². The maximum absolute atomic E-state index is 12.3. The number of phosphoric ester groups is 2. The fraction of sp³-hybridized carbons (Fsp3) is 0.733. The largest absolute Gasteiger partial charge is 0.483 e. The van der Waals surface area contributed by atoms with Crippen molar-refractivity contribution in [2.75, 3.05) is 13.2 Å². The summed E-state index contributed by atoms with van der Waals surface area (Å²) >= 11 is 0. The third-order valence-corrected chi connectivity index (χ3v) is 7.90. The minimum Gasteiger partial charge on any atom is -0.388 e. The summed E-state index contributed by atoms with van der Waals surface area (Å²) < 4.78 is 48.5. The van der Waals surface area contributed by atoms with E-state index in [1.807, 2.05) is 4.98 Å². The average molecular weight is 591 g/mol. The minimum absolute atomic E-state index is 0.596. The van der Waals surface area contributed by atoms with Gasteiger partial charge in [0.2, 0.25) is 0 Å². The van der Waals surface area contributed by atoms with Crippen LogP contribution in [0.4, 0.5) is 0 Å². The van der Waals surface area contributed by atoms with Crippen LogP contribution in [0.5, 0.6) is 0 Å². The minimum atomic E-state index is -5.63. The Kier molecular flexibility index (Phi) is 9.64. The predicted octanol–water partition coefficient (Wildman–Crippen LogP) is -3.48. The molecule has 1 aromatic heterocycles. The number of rotatable bonds is 10. The van der Waals surface area contributed by atoms with Gasteiger partial charge in [-0.1, -0.05) is 5.11 Å². The Balaban J connectivity index is 1.62. The lowest BCUT2D eigenvalue weighted by atomic mass is 9.99. The average Bonchev–Trinajstić information content (AvgIpc) is 3.10. The molecule has 8 N–H and O–H groups in total. The molecule has 3 unspecified atom stereocenters. The number of aromatic nitrogens is 2. The number of aliphatic hydroxyl groups excluding tert-OH is 5. The quantitative estimate of drug-likeness (QED) is 0.0567. The topological polar surface area (TPSA) is 326 Å². The van der Waals surface area contributed by atoms with Gasteiger partial charge in [0.15, 0.2) is 12.5 Å². The lowest BCUT2D eigenvalue weighted by Crippen LogP contribution is -2.58. The van der Waals surface area contributed by atoms with Gasteiger partial charge in [0.25, 0.3) is 5.56 Å². The van der Waals surface area contributed by atoms with Crippen LogP contribution < -0.4 is 11.2 Å². The number of ether oxygens (including phenoxy) is 2.